The lowest BCUT2D eigenvalue weighted by Crippen LogP contribution is -1.97. The molecule has 0 saturated heterocycles. The molecule has 0 spiro atoms. The van der Waals surface area contributed by atoms with E-state index in [2.05, 4.69) is 15.9 Å². The summed E-state index contributed by atoms with van der Waals surface area (Å²) in [4.78, 5) is 10.3. The van der Waals surface area contributed by atoms with Gasteiger partial charge in [-0.2, -0.15) is 0 Å². The normalized spacial score (nSPS) is 10.2. The Hall–Kier alpha value is -1.88. The van der Waals surface area contributed by atoms with E-state index in [-0.39, 0.29) is 5.69 Å². The fourth-order valence-electron chi connectivity index (χ4n) is 1.64. The molecule has 4 nitrogen and oxygen atoms in total. The standard InChI is InChI=1S/C14H12BrNO3/c1-10-5-6-14(13(15)7-10)19-9-11-3-2-4-12(8-11)16(17)18/h2-8H,9H2,1H3. The molecule has 0 bridgehead atoms. The number of nitrogens with zero attached hydrogens (tertiary/aromatic N) is 1. The highest BCUT2D eigenvalue weighted by molar-refractivity contribution is 9.10. The molecule has 0 atom stereocenters. The van der Waals surface area contributed by atoms with Gasteiger partial charge in [0.15, 0.2) is 0 Å². The van der Waals surface area contributed by atoms with Gasteiger partial charge in [0.1, 0.15) is 12.4 Å². The van der Waals surface area contributed by atoms with E-state index in [1.165, 1.54) is 12.1 Å². The van der Waals surface area contributed by atoms with E-state index in [1.807, 2.05) is 25.1 Å². The molecule has 2 rings (SSSR count). The predicted molar refractivity (Wildman–Crippen MR) is 76.3 cm³/mol. The van der Waals surface area contributed by atoms with Gasteiger partial charge in [-0.25, -0.2) is 0 Å². The highest BCUT2D eigenvalue weighted by Crippen LogP contribution is 2.26. The second kappa shape index (κ2) is 5.84. The van der Waals surface area contributed by atoms with Crippen LogP contribution in [0.5, 0.6) is 5.75 Å². The SMILES string of the molecule is Cc1ccc(OCc2cccc([N+](=O)[O-])c2)c(Br)c1. The molecule has 0 fully saturated rings. The van der Waals surface area contributed by atoms with Crippen LogP contribution in [0.25, 0.3) is 0 Å². The molecule has 2 aromatic carbocycles. The van der Waals surface area contributed by atoms with Crippen LogP contribution in [0.2, 0.25) is 0 Å². The van der Waals surface area contributed by atoms with Crippen LogP contribution < -0.4 is 4.74 Å². The van der Waals surface area contributed by atoms with E-state index in [1.54, 1.807) is 12.1 Å². The number of ether oxygens (including phenoxy) is 1. The Labute approximate surface area is 119 Å². The van der Waals surface area contributed by atoms with Gasteiger partial charge < -0.3 is 4.74 Å². The van der Waals surface area contributed by atoms with Crippen molar-refractivity contribution in [2.45, 2.75) is 13.5 Å². The van der Waals surface area contributed by atoms with Crippen molar-refractivity contribution in [3.63, 3.8) is 0 Å². The van der Waals surface area contributed by atoms with Gasteiger partial charge in [0.2, 0.25) is 0 Å². The minimum atomic E-state index is -0.411. The van der Waals surface area contributed by atoms with Crippen molar-refractivity contribution < 1.29 is 9.66 Å². The van der Waals surface area contributed by atoms with Crippen LogP contribution in [0.4, 0.5) is 5.69 Å². The van der Waals surface area contributed by atoms with Crippen LogP contribution in [0.15, 0.2) is 46.9 Å². The first kappa shape index (κ1) is 13.5. The van der Waals surface area contributed by atoms with E-state index in [0.29, 0.717) is 6.61 Å². The van der Waals surface area contributed by atoms with Gasteiger partial charge in [-0.15, -0.1) is 0 Å². The summed E-state index contributed by atoms with van der Waals surface area (Å²) >= 11 is 3.43. The van der Waals surface area contributed by atoms with Gasteiger partial charge in [0.25, 0.3) is 5.69 Å². The van der Waals surface area contributed by atoms with E-state index >= 15 is 0 Å². The summed E-state index contributed by atoms with van der Waals surface area (Å²) < 4.78 is 6.52. The van der Waals surface area contributed by atoms with Gasteiger partial charge in [0, 0.05) is 12.1 Å². The van der Waals surface area contributed by atoms with Gasteiger partial charge >= 0.3 is 0 Å². The lowest BCUT2D eigenvalue weighted by molar-refractivity contribution is -0.384. The van der Waals surface area contributed by atoms with E-state index < -0.39 is 4.92 Å². The number of hydrogen-bond acceptors (Lipinski definition) is 3. The molecule has 0 N–H and O–H groups in total. The summed E-state index contributed by atoms with van der Waals surface area (Å²) in [5.74, 6) is 0.720. The quantitative estimate of drug-likeness (QED) is 0.625. The Morgan fingerprint density at radius 3 is 2.74 bits per heavy atom. The number of hydrogen-bond donors (Lipinski definition) is 0. The van der Waals surface area contributed by atoms with Crippen LogP contribution in [0.1, 0.15) is 11.1 Å². The van der Waals surface area contributed by atoms with E-state index in [9.17, 15) is 10.1 Å². The lowest BCUT2D eigenvalue weighted by atomic mass is 10.2. The first-order valence-corrected chi connectivity index (χ1v) is 6.48. The molecule has 0 unspecified atom stereocenters. The predicted octanol–water partition coefficient (Wildman–Crippen LogP) is 4.24. The molecule has 19 heavy (non-hydrogen) atoms. The molecular formula is C14H12BrNO3. The number of rotatable bonds is 4. The van der Waals surface area contributed by atoms with Crippen molar-refractivity contribution in [3.05, 3.63) is 68.2 Å². The van der Waals surface area contributed by atoms with Crippen molar-refractivity contribution in [1.82, 2.24) is 0 Å². The third-order valence-electron chi connectivity index (χ3n) is 2.60. The number of non-ortho nitro benzene ring substituents is 1. The molecule has 0 radical (unpaired) electrons. The topological polar surface area (TPSA) is 52.4 Å². The molecule has 0 saturated carbocycles. The zero-order valence-corrected chi connectivity index (χ0v) is 11.9. The van der Waals surface area contributed by atoms with Crippen molar-refractivity contribution in [2.24, 2.45) is 0 Å². The van der Waals surface area contributed by atoms with Gasteiger partial charge in [-0.05, 0) is 46.1 Å². The first-order chi connectivity index (χ1) is 9.06. The van der Waals surface area contributed by atoms with E-state index in [4.69, 9.17) is 4.74 Å². The number of aryl methyl sites for hydroxylation is 1. The second-order valence-electron chi connectivity index (χ2n) is 4.15. The van der Waals surface area contributed by atoms with E-state index in [0.717, 1.165) is 21.3 Å². The van der Waals surface area contributed by atoms with Gasteiger partial charge in [-0.1, -0.05) is 18.2 Å². The van der Waals surface area contributed by atoms with Crippen molar-refractivity contribution in [2.75, 3.05) is 0 Å². The molecule has 0 aliphatic heterocycles. The van der Waals surface area contributed by atoms with Gasteiger partial charge in [-0.3, -0.25) is 10.1 Å². The fourth-order valence-corrected chi connectivity index (χ4v) is 2.25. The van der Waals surface area contributed by atoms with Gasteiger partial charge in [0.05, 0.1) is 9.40 Å². The lowest BCUT2D eigenvalue weighted by Gasteiger charge is -2.08. The number of nitro benzene ring substituents is 1. The highest BCUT2D eigenvalue weighted by Gasteiger charge is 2.07. The minimum Gasteiger partial charge on any atom is -0.488 e. The Kier molecular flexibility index (Phi) is 4.16. The zero-order chi connectivity index (χ0) is 13.8. The maximum atomic E-state index is 10.7. The number of benzene rings is 2. The maximum Gasteiger partial charge on any atom is 0.269 e. The smallest absolute Gasteiger partial charge is 0.269 e. The fraction of sp³-hybridized carbons (Fsp3) is 0.143. The van der Waals surface area contributed by atoms with Crippen LogP contribution >= 0.6 is 15.9 Å². The van der Waals surface area contributed by atoms with Crippen molar-refractivity contribution in [1.29, 1.82) is 0 Å². The Morgan fingerprint density at radius 1 is 1.26 bits per heavy atom. The third-order valence-corrected chi connectivity index (χ3v) is 3.22. The summed E-state index contributed by atoms with van der Waals surface area (Å²) in [6.45, 7) is 2.29. The molecule has 0 aliphatic carbocycles. The number of halogens is 1. The number of nitro groups is 1. The largest absolute Gasteiger partial charge is 0.488 e. The third kappa shape index (κ3) is 3.54. The van der Waals surface area contributed by atoms with Crippen LogP contribution in [-0.4, -0.2) is 4.92 Å². The minimum absolute atomic E-state index is 0.0732. The Morgan fingerprint density at radius 2 is 2.05 bits per heavy atom. The average molecular weight is 322 g/mol. The summed E-state index contributed by atoms with van der Waals surface area (Å²) in [6.07, 6.45) is 0. The molecule has 5 heteroatoms. The zero-order valence-electron chi connectivity index (χ0n) is 10.3. The van der Waals surface area contributed by atoms with Crippen molar-refractivity contribution >= 4 is 21.6 Å². The second-order valence-corrected chi connectivity index (χ2v) is 5.00. The Balaban J connectivity index is 2.10. The summed E-state index contributed by atoms with van der Waals surface area (Å²) in [5, 5.41) is 10.7. The molecular weight excluding hydrogens is 310 g/mol. The summed E-state index contributed by atoms with van der Waals surface area (Å²) in [6, 6.07) is 12.2. The average Bonchev–Trinajstić information content (AvgIpc) is 2.38. The summed E-state index contributed by atoms with van der Waals surface area (Å²) in [5.41, 5.74) is 1.97. The Bertz CT molecular complexity index is 613. The molecule has 0 heterocycles. The maximum absolute atomic E-state index is 10.7. The van der Waals surface area contributed by atoms with Crippen LogP contribution in [0.3, 0.4) is 0 Å². The molecule has 0 amide bonds. The first-order valence-electron chi connectivity index (χ1n) is 5.68. The molecule has 0 aromatic heterocycles. The monoisotopic (exact) mass is 321 g/mol. The van der Waals surface area contributed by atoms with Crippen LogP contribution in [0, 0.1) is 17.0 Å². The highest BCUT2D eigenvalue weighted by atomic mass is 79.9. The van der Waals surface area contributed by atoms with Crippen LogP contribution in [-0.2, 0) is 6.61 Å². The molecule has 0 aliphatic rings. The van der Waals surface area contributed by atoms with Crippen molar-refractivity contribution in [3.8, 4) is 5.75 Å². The molecule has 98 valence electrons. The summed E-state index contributed by atoms with van der Waals surface area (Å²) in [7, 11) is 0. The molecule has 2 aromatic rings.